The minimum atomic E-state index is -0.242. The molecule has 2 fully saturated rings. The van der Waals surface area contributed by atoms with E-state index in [2.05, 4.69) is 17.1 Å². The van der Waals surface area contributed by atoms with Crippen LogP contribution in [0, 0.1) is 0 Å². The van der Waals surface area contributed by atoms with Gasteiger partial charge in [0.15, 0.2) is 0 Å². The van der Waals surface area contributed by atoms with Gasteiger partial charge in [-0.15, -0.1) is 0 Å². The Morgan fingerprint density at radius 2 is 2.12 bits per heavy atom. The standard InChI is InChI=1S/C12H23N3O2/c1-2-5-14-8-9-17-11(10-14)12(16)15-6-3-13-4-7-15/h11,13H,2-10H2,1H3. The smallest absolute Gasteiger partial charge is 0.253 e. The Morgan fingerprint density at radius 3 is 2.82 bits per heavy atom. The molecule has 2 rings (SSSR count). The summed E-state index contributed by atoms with van der Waals surface area (Å²) >= 11 is 0. The Labute approximate surface area is 103 Å². The number of carbonyl (C=O) groups excluding carboxylic acids is 1. The lowest BCUT2D eigenvalue weighted by molar-refractivity contribution is -0.150. The Hall–Kier alpha value is -0.650. The van der Waals surface area contributed by atoms with Crippen molar-refractivity contribution in [1.82, 2.24) is 15.1 Å². The highest BCUT2D eigenvalue weighted by Gasteiger charge is 2.30. The highest BCUT2D eigenvalue weighted by molar-refractivity contribution is 5.81. The van der Waals surface area contributed by atoms with Gasteiger partial charge in [-0.3, -0.25) is 9.69 Å². The van der Waals surface area contributed by atoms with Gasteiger partial charge in [0.2, 0.25) is 0 Å². The van der Waals surface area contributed by atoms with Gasteiger partial charge in [-0.05, 0) is 13.0 Å². The third-order valence-electron chi connectivity index (χ3n) is 3.39. The number of hydrogen-bond acceptors (Lipinski definition) is 4. The van der Waals surface area contributed by atoms with Gasteiger partial charge >= 0.3 is 0 Å². The molecule has 2 saturated heterocycles. The number of morpholine rings is 1. The second-order valence-corrected chi connectivity index (χ2v) is 4.74. The molecule has 2 aliphatic heterocycles. The minimum Gasteiger partial charge on any atom is -0.366 e. The van der Waals surface area contributed by atoms with E-state index < -0.39 is 0 Å². The van der Waals surface area contributed by atoms with Crippen LogP contribution < -0.4 is 5.32 Å². The first kappa shape index (κ1) is 12.8. The molecule has 1 amide bonds. The van der Waals surface area contributed by atoms with Crippen LogP contribution in [0.4, 0.5) is 0 Å². The van der Waals surface area contributed by atoms with Crippen molar-refractivity contribution < 1.29 is 9.53 Å². The molecular weight excluding hydrogens is 218 g/mol. The molecule has 0 aromatic carbocycles. The zero-order valence-corrected chi connectivity index (χ0v) is 10.7. The van der Waals surface area contributed by atoms with Crippen molar-refractivity contribution in [3.8, 4) is 0 Å². The fraction of sp³-hybridized carbons (Fsp3) is 0.917. The number of hydrogen-bond donors (Lipinski definition) is 1. The van der Waals surface area contributed by atoms with Crippen molar-refractivity contribution >= 4 is 5.91 Å². The van der Waals surface area contributed by atoms with E-state index in [1.54, 1.807) is 0 Å². The lowest BCUT2D eigenvalue weighted by Crippen LogP contribution is -2.55. The maximum atomic E-state index is 12.2. The molecule has 5 nitrogen and oxygen atoms in total. The lowest BCUT2D eigenvalue weighted by Gasteiger charge is -2.36. The summed E-state index contributed by atoms with van der Waals surface area (Å²) in [7, 11) is 0. The van der Waals surface area contributed by atoms with E-state index in [0.29, 0.717) is 6.61 Å². The largest absolute Gasteiger partial charge is 0.366 e. The second-order valence-electron chi connectivity index (χ2n) is 4.74. The summed E-state index contributed by atoms with van der Waals surface area (Å²) in [6.45, 7) is 9.06. The van der Waals surface area contributed by atoms with E-state index >= 15 is 0 Å². The molecule has 0 radical (unpaired) electrons. The van der Waals surface area contributed by atoms with Crippen molar-refractivity contribution in [2.75, 3.05) is 52.4 Å². The van der Waals surface area contributed by atoms with Gasteiger partial charge < -0.3 is 15.0 Å². The van der Waals surface area contributed by atoms with Crippen LogP contribution in [-0.2, 0) is 9.53 Å². The summed E-state index contributed by atoms with van der Waals surface area (Å²) in [5, 5.41) is 3.26. The van der Waals surface area contributed by atoms with Crippen molar-refractivity contribution in [3.05, 3.63) is 0 Å². The van der Waals surface area contributed by atoms with Crippen LogP contribution in [0.3, 0.4) is 0 Å². The topological polar surface area (TPSA) is 44.8 Å². The molecule has 5 heteroatoms. The van der Waals surface area contributed by atoms with Crippen LogP contribution >= 0.6 is 0 Å². The maximum Gasteiger partial charge on any atom is 0.253 e. The molecule has 0 bridgehead atoms. The molecule has 0 aromatic rings. The Balaban J connectivity index is 1.85. The third-order valence-corrected chi connectivity index (χ3v) is 3.39. The van der Waals surface area contributed by atoms with Crippen LogP contribution in [0.5, 0.6) is 0 Å². The first-order valence-corrected chi connectivity index (χ1v) is 6.64. The number of carbonyl (C=O) groups is 1. The lowest BCUT2D eigenvalue weighted by atomic mass is 10.2. The average Bonchev–Trinajstić information content (AvgIpc) is 2.40. The number of nitrogens with one attached hydrogen (secondary N) is 1. The number of ether oxygens (including phenoxy) is 1. The molecule has 0 aromatic heterocycles. The summed E-state index contributed by atoms with van der Waals surface area (Å²) < 4.78 is 5.62. The van der Waals surface area contributed by atoms with Crippen LogP contribution in [-0.4, -0.2) is 74.2 Å². The van der Waals surface area contributed by atoms with Gasteiger partial charge in [-0.1, -0.05) is 6.92 Å². The molecule has 1 unspecified atom stereocenters. The zero-order valence-electron chi connectivity index (χ0n) is 10.7. The summed E-state index contributed by atoms with van der Waals surface area (Å²) in [4.78, 5) is 16.5. The normalized spacial score (nSPS) is 27.1. The van der Waals surface area contributed by atoms with E-state index in [-0.39, 0.29) is 12.0 Å². The molecule has 17 heavy (non-hydrogen) atoms. The minimum absolute atomic E-state index is 0.173. The fourth-order valence-corrected chi connectivity index (χ4v) is 2.46. The maximum absolute atomic E-state index is 12.2. The van der Waals surface area contributed by atoms with Gasteiger partial charge in [-0.25, -0.2) is 0 Å². The van der Waals surface area contributed by atoms with Crippen LogP contribution in [0.15, 0.2) is 0 Å². The van der Waals surface area contributed by atoms with Crippen molar-refractivity contribution in [2.24, 2.45) is 0 Å². The summed E-state index contributed by atoms with van der Waals surface area (Å²) in [6.07, 6.45) is 0.891. The van der Waals surface area contributed by atoms with Crippen molar-refractivity contribution in [2.45, 2.75) is 19.4 Å². The molecule has 0 saturated carbocycles. The monoisotopic (exact) mass is 241 g/mol. The van der Waals surface area contributed by atoms with Crippen molar-refractivity contribution in [3.63, 3.8) is 0 Å². The molecule has 2 aliphatic rings. The molecule has 0 spiro atoms. The average molecular weight is 241 g/mol. The first-order valence-electron chi connectivity index (χ1n) is 6.64. The fourth-order valence-electron chi connectivity index (χ4n) is 2.46. The molecular formula is C12H23N3O2. The van der Waals surface area contributed by atoms with Gasteiger partial charge in [0.1, 0.15) is 6.10 Å². The Bertz CT molecular complexity index is 252. The van der Waals surface area contributed by atoms with Gasteiger partial charge in [0.25, 0.3) is 5.91 Å². The van der Waals surface area contributed by atoms with Crippen LogP contribution in [0.2, 0.25) is 0 Å². The number of nitrogens with zero attached hydrogens (tertiary/aromatic N) is 2. The molecule has 1 N–H and O–H groups in total. The highest BCUT2D eigenvalue weighted by Crippen LogP contribution is 2.09. The van der Waals surface area contributed by atoms with Crippen LogP contribution in [0.25, 0.3) is 0 Å². The second kappa shape index (κ2) is 6.33. The quantitative estimate of drug-likeness (QED) is 0.725. The first-order chi connectivity index (χ1) is 8.31. The molecule has 98 valence electrons. The SMILES string of the molecule is CCCN1CCOC(C(=O)N2CCNCC2)C1. The predicted molar refractivity (Wildman–Crippen MR) is 65.9 cm³/mol. The van der Waals surface area contributed by atoms with Gasteiger partial charge in [0, 0.05) is 39.3 Å². The zero-order chi connectivity index (χ0) is 12.1. The van der Waals surface area contributed by atoms with E-state index in [1.165, 1.54) is 0 Å². The predicted octanol–water partition coefficient (Wildman–Crippen LogP) is -0.471. The third kappa shape index (κ3) is 3.40. The summed E-state index contributed by atoms with van der Waals surface area (Å²) in [5.74, 6) is 0.173. The highest BCUT2D eigenvalue weighted by atomic mass is 16.5. The molecule has 2 heterocycles. The number of rotatable bonds is 3. The van der Waals surface area contributed by atoms with E-state index in [1.807, 2.05) is 4.90 Å². The van der Waals surface area contributed by atoms with E-state index in [9.17, 15) is 4.79 Å². The van der Waals surface area contributed by atoms with Gasteiger partial charge in [0.05, 0.1) is 6.61 Å². The van der Waals surface area contributed by atoms with E-state index in [4.69, 9.17) is 4.74 Å². The summed E-state index contributed by atoms with van der Waals surface area (Å²) in [6, 6.07) is 0. The number of piperazine rings is 1. The Kier molecular flexibility index (Phi) is 4.76. The number of amides is 1. The molecule has 0 aliphatic carbocycles. The van der Waals surface area contributed by atoms with Gasteiger partial charge in [-0.2, -0.15) is 0 Å². The van der Waals surface area contributed by atoms with Crippen LogP contribution in [0.1, 0.15) is 13.3 Å². The Morgan fingerprint density at radius 1 is 1.35 bits per heavy atom. The summed E-state index contributed by atoms with van der Waals surface area (Å²) in [5.41, 5.74) is 0. The molecule has 1 atom stereocenters. The van der Waals surface area contributed by atoms with E-state index in [0.717, 1.165) is 52.2 Å². The van der Waals surface area contributed by atoms with Crippen molar-refractivity contribution in [1.29, 1.82) is 0 Å².